The number of halogens is 1. The molecule has 0 aliphatic heterocycles. The summed E-state index contributed by atoms with van der Waals surface area (Å²) in [5, 5.41) is 5.91. The van der Waals surface area contributed by atoms with Crippen molar-refractivity contribution in [2.24, 2.45) is 7.05 Å². The van der Waals surface area contributed by atoms with Crippen LogP contribution in [0, 0.1) is 5.82 Å². The van der Waals surface area contributed by atoms with E-state index in [1.54, 1.807) is 48.1 Å². The number of thiophene rings is 1. The van der Waals surface area contributed by atoms with Crippen LogP contribution in [0.4, 0.5) is 4.39 Å². The van der Waals surface area contributed by atoms with E-state index in [-0.39, 0.29) is 17.6 Å². The van der Waals surface area contributed by atoms with Crippen molar-refractivity contribution in [2.45, 2.75) is 0 Å². The van der Waals surface area contributed by atoms with Gasteiger partial charge in [-0.2, -0.15) is 0 Å². The highest BCUT2D eigenvalue weighted by Crippen LogP contribution is 2.27. The van der Waals surface area contributed by atoms with Crippen LogP contribution >= 0.6 is 11.3 Å². The van der Waals surface area contributed by atoms with Crippen molar-refractivity contribution >= 4 is 33.2 Å². The highest BCUT2D eigenvalue weighted by molar-refractivity contribution is 7.20. The number of rotatable bonds is 5. The number of nitrogens with zero attached hydrogens (tertiary/aromatic N) is 1. The maximum atomic E-state index is 13.7. The molecule has 2 N–H and O–H groups in total. The summed E-state index contributed by atoms with van der Waals surface area (Å²) in [7, 11) is 1.79. The molecule has 2 aromatic heterocycles. The van der Waals surface area contributed by atoms with E-state index in [1.807, 2.05) is 0 Å². The Morgan fingerprint density at radius 1 is 1.12 bits per heavy atom. The van der Waals surface area contributed by atoms with Crippen LogP contribution in [0.2, 0.25) is 0 Å². The van der Waals surface area contributed by atoms with Gasteiger partial charge in [0.05, 0.1) is 4.88 Å². The molecule has 24 heavy (non-hydrogen) atoms. The molecule has 0 unspecified atom stereocenters. The van der Waals surface area contributed by atoms with Crippen LogP contribution in [0.1, 0.15) is 20.2 Å². The summed E-state index contributed by atoms with van der Waals surface area (Å²) in [4.78, 5) is 24.5. The van der Waals surface area contributed by atoms with Gasteiger partial charge in [0.25, 0.3) is 11.8 Å². The number of amides is 2. The second-order valence-corrected chi connectivity index (χ2v) is 6.36. The van der Waals surface area contributed by atoms with E-state index in [9.17, 15) is 14.0 Å². The number of nitrogens with one attached hydrogen (secondary N) is 2. The predicted octanol–water partition coefficient (Wildman–Crippen LogP) is 2.54. The van der Waals surface area contributed by atoms with Gasteiger partial charge < -0.3 is 15.2 Å². The molecule has 0 fully saturated rings. The number of carbonyl (C=O) groups is 2. The third-order valence-corrected chi connectivity index (χ3v) is 4.70. The first kappa shape index (κ1) is 16.2. The molecule has 0 atom stereocenters. The van der Waals surface area contributed by atoms with Gasteiger partial charge in [-0.05, 0) is 30.3 Å². The van der Waals surface area contributed by atoms with Gasteiger partial charge in [0.2, 0.25) is 0 Å². The third-order valence-electron chi connectivity index (χ3n) is 3.60. The molecule has 0 aliphatic rings. The number of aromatic nitrogens is 1. The molecule has 124 valence electrons. The molecule has 0 spiro atoms. The van der Waals surface area contributed by atoms with Crippen LogP contribution in [-0.4, -0.2) is 29.5 Å². The number of hydrogen-bond donors (Lipinski definition) is 2. The minimum absolute atomic E-state index is 0.194. The summed E-state index contributed by atoms with van der Waals surface area (Å²) in [6, 6.07) is 9.83. The zero-order valence-electron chi connectivity index (χ0n) is 13.0. The largest absolute Gasteiger partial charge is 0.350 e. The first-order valence-electron chi connectivity index (χ1n) is 7.42. The Labute approximate surface area is 142 Å². The summed E-state index contributed by atoms with van der Waals surface area (Å²) >= 11 is 1.24. The zero-order chi connectivity index (χ0) is 17.1. The van der Waals surface area contributed by atoms with E-state index < -0.39 is 0 Å². The molecule has 2 heterocycles. The lowest BCUT2D eigenvalue weighted by atomic mass is 10.2. The lowest BCUT2D eigenvalue weighted by molar-refractivity contribution is 0.0925. The van der Waals surface area contributed by atoms with E-state index in [2.05, 4.69) is 10.6 Å². The molecule has 0 saturated carbocycles. The van der Waals surface area contributed by atoms with Crippen molar-refractivity contribution in [1.29, 1.82) is 0 Å². The summed E-state index contributed by atoms with van der Waals surface area (Å²) in [6.45, 7) is 0.612. The Balaban J connectivity index is 1.53. The van der Waals surface area contributed by atoms with Crippen LogP contribution in [0.25, 0.3) is 10.1 Å². The Bertz CT molecular complexity index is 900. The van der Waals surface area contributed by atoms with Crippen LogP contribution in [0.15, 0.2) is 42.6 Å². The number of fused-ring (bicyclic) bond motifs is 1. The van der Waals surface area contributed by atoms with Gasteiger partial charge in [-0.3, -0.25) is 9.59 Å². The van der Waals surface area contributed by atoms with Crippen molar-refractivity contribution in [2.75, 3.05) is 13.1 Å². The van der Waals surface area contributed by atoms with Gasteiger partial charge in [0, 0.05) is 36.4 Å². The van der Waals surface area contributed by atoms with Gasteiger partial charge in [-0.25, -0.2) is 4.39 Å². The summed E-state index contributed by atoms with van der Waals surface area (Å²) < 4.78 is 16.1. The average molecular weight is 345 g/mol. The van der Waals surface area contributed by atoms with Crippen molar-refractivity contribution in [3.8, 4) is 0 Å². The number of hydrogen-bond acceptors (Lipinski definition) is 3. The highest BCUT2D eigenvalue weighted by atomic mass is 32.1. The van der Waals surface area contributed by atoms with Crippen LogP contribution < -0.4 is 10.6 Å². The molecule has 0 saturated heterocycles. The van der Waals surface area contributed by atoms with E-state index in [1.165, 1.54) is 17.4 Å². The first-order chi connectivity index (χ1) is 11.6. The molecule has 3 aromatic rings. The van der Waals surface area contributed by atoms with Crippen LogP contribution in [0.5, 0.6) is 0 Å². The van der Waals surface area contributed by atoms with Gasteiger partial charge in [-0.15, -0.1) is 11.3 Å². The lowest BCUT2D eigenvalue weighted by Gasteiger charge is -2.07. The van der Waals surface area contributed by atoms with E-state index in [4.69, 9.17) is 0 Å². The quantitative estimate of drug-likeness (QED) is 0.698. The number of carbonyl (C=O) groups excluding carboxylic acids is 2. The average Bonchev–Trinajstić information content (AvgIpc) is 3.18. The van der Waals surface area contributed by atoms with Crippen LogP contribution in [0.3, 0.4) is 0 Å². The van der Waals surface area contributed by atoms with Crippen molar-refractivity contribution in [1.82, 2.24) is 15.2 Å². The molecule has 7 heteroatoms. The number of benzene rings is 1. The normalized spacial score (nSPS) is 10.8. The van der Waals surface area contributed by atoms with E-state index in [0.717, 1.165) is 4.70 Å². The Morgan fingerprint density at radius 2 is 1.88 bits per heavy atom. The highest BCUT2D eigenvalue weighted by Gasteiger charge is 2.12. The molecule has 1 aromatic carbocycles. The summed E-state index contributed by atoms with van der Waals surface area (Å²) in [5.74, 6) is -0.804. The van der Waals surface area contributed by atoms with Gasteiger partial charge in [0.15, 0.2) is 0 Å². The van der Waals surface area contributed by atoms with E-state index >= 15 is 0 Å². The van der Waals surface area contributed by atoms with Crippen molar-refractivity contribution in [3.05, 3.63) is 59.0 Å². The smallest absolute Gasteiger partial charge is 0.267 e. The molecule has 2 amide bonds. The second-order valence-electron chi connectivity index (χ2n) is 5.28. The molecular weight excluding hydrogens is 329 g/mol. The standard InChI is InChI=1S/C17H16FN3O2S/c1-21-9-3-5-13(21)16(22)19-7-8-20-17(23)15-10-11-12(18)4-2-6-14(11)24-15/h2-6,9-10H,7-8H2,1H3,(H,19,22)(H,20,23). The molecule has 0 aliphatic carbocycles. The fourth-order valence-electron chi connectivity index (χ4n) is 2.36. The maximum Gasteiger partial charge on any atom is 0.267 e. The Kier molecular flexibility index (Phi) is 4.61. The minimum atomic E-state index is -0.336. The maximum absolute atomic E-state index is 13.7. The monoisotopic (exact) mass is 345 g/mol. The summed E-state index contributed by atoms with van der Waals surface area (Å²) in [5.41, 5.74) is 0.557. The lowest BCUT2D eigenvalue weighted by Crippen LogP contribution is -2.35. The second kappa shape index (κ2) is 6.84. The number of aryl methyl sites for hydroxylation is 1. The first-order valence-corrected chi connectivity index (χ1v) is 8.23. The fraction of sp³-hybridized carbons (Fsp3) is 0.176. The topological polar surface area (TPSA) is 63.1 Å². The summed E-state index contributed by atoms with van der Waals surface area (Å²) in [6.07, 6.45) is 1.79. The predicted molar refractivity (Wildman–Crippen MR) is 91.9 cm³/mol. The molecule has 3 rings (SSSR count). The minimum Gasteiger partial charge on any atom is -0.350 e. The van der Waals surface area contributed by atoms with Gasteiger partial charge in [-0.1, -0.05) is 6.07 Å². The Morgan fingerprint density at radius 3 is 2.54 bits per heavy atom. The third kappa shape index (κ3) is 3.30. The van der Waals surface area contributed by atoms with Crippen molar-refractivity contribution < 1.29 is 14.0 Å². The SMILES string of the molecule is Cn1cccc1C(=O)NCCNC(=O)c1cc2c(F)cccc2s1. The molecule has 0 bridgehead atoms. The Hall–Kier alpha value is -2.67. The van der Waals surface area contributed by atoms with E-state index in [0.29, 0.717) is 29.0 Å². The fourth-order valence-corrected chi connectivity index (χ4v) is 3.36. The van der Waals surface area contributed by atoms with Crippen LogP contribution in [-0.2, 0) is 7.05 Å². The van der Waals surface area contributed by atoms with Gasteiger partial charge in [0.1, 0.15) is 11.5 Å². The molecular formula is C17H16FN3O2S. The van der Waals surface area contributed by atoms with Gasteiger partial charge >= 0.3 is 0 Å². The molecule has 0 radical (unpaired) electrons. The zero-order valence-corrected chi connectivity index (χ0v) is 13.8. The molecule has 5 nitrogen and oxygen atoms in total. The van der Waals surface area contributed by atoms with Crippen molar-refractivity contribution in [3.63, 3.8) is 0 Å².